The summed E-state index contributed by atoms with van der Waals surface area (Å²) in [5.41, 5.74) is 12.0. The molecule has 2 rings (SSSR count). The van der Waals surface area contributed by atoms with Gasteiger partial charge in [0.05, 0.1) is 0 Å². The SMILES string of the molecule is Clc1cc(Br)cc(Br)c1.Nc1cc(N)cc(Cl)c1. The van der Waals surface area contributed by atoms with E-state index < -0.39 is 0 Å². The highest BCUT2D eigenvalue weighted by Crippen LogP contribution is 2.22. The molecule has 0 saturated heterocycles. The molecule has 0 saturated carbocycles. The lowest BCUT2D eigenvalue weighted by Gasteiger charge is -1.95. The van der Waals surface area contributed by atoms with E-state index in [-0.39, 0.29) is 0 Å². The number of nitrogen functional groups attached to an aromatic ring is 2. The number of anilines is 2. The second-order valence-corrected chi connectivity index (χ2v) is 6.11. The topological polar surface area (TPSA) is 52.0 Å². The first-order valence-corrected chi connectivity index (χ1v) is 7.14. The van der Waals surface area contributed by atoms with Crippen LogP contribution in [0.4, 0.5) is 11.4 Å². The lowest BCUT2D eigenvalue weighted by Crippen LogP contribution is -1.88. The van der Waals surface area contributed by atoms with E-state index in [1.807, 2.05) is 18.2 Å². The summed E-state index contributed by atoms with van der Waals surface area (Å²) in [6, 6.07) is 10.6. The van der Waals surface area contributed by atoms with E-state index >= 15 is 0 Å². The molecule has 0 atom stereocenters. The van der Waals surface area contributed by atoms with Gasteiger partial charge in [-0.25, -0.2) is 0 Å². The fraction of sp³-hybridized carbons (Fsp3) is 0. The van der Waals surface area contributed by atoms with Gasteiger partial charge in [0.2, 0.25) is 0 Å². The highest BCUT2D eigenvalue weighted by molar-refractivity contribution is 9.11. The van der Waals surface area contributed by atoms with Crippen molar-refractivity contribution in [2.75, 3.05) is 11.5 Å². The molecular weight excluding hydrogens is 403 g/mol. The highest BCUT2D eigenvalue weighted by Gasteiger charge is 1.92. The minimum atomic E-state index is 0.576. The van der Waals surface area contributed by atoms with Crippen molar-refractivity contribution in [2.45, 2.75) is 0 Å². The maximum Gasteiger partial charge on any atom is 0.0446 e. The Bertz CT molecular complexity index is 397. The van der Waals surface area contributed by atoms with Crippen molar-refractivity contribution in [3.8, 4) is 0 Å². The van der Waals surface area contributed by atoms with Gasteiger partial charge in [-0.15, -0.1) is 0 Å². The Morgan fingerprint density at radius 2 is 1.06 bits per heavy atom. The third kappa shape index (κ3) is 5.96. The van der Waals surface area contributed by atoms with Crippen molar-refractivity contribution >= 4 is 66.4 Å². The molecule has 2 aromatic rings. The summed E-state index contributed by atoms with van der Waals surface area (Å²) in [7, 11) is 0. The molecule has 0 aliphatic heterocycles. The van der Waals surface area contributed by atoms with E-state index in [1.165, 1.54) is 0 Å². The van der Waals surface area contributed by atoms with E-state index in [1.54, 1.807) is 18.2 Å². The number of hydrogen-bond acceptors (Lipinski definition) is 2. The predicted octanol–water partition coefficient (Wildman–Crippen LogP) is 5.37. The number of hydrogen-bond donors (Lipinski definition) is 2. The molecule has 0 radical (unpaired) electrons. The van der Waals surface area contributed by atoms with Gasteiger partial charge in [-0.05, 0) is 36.4 Å². The molecule has 0 aliphatic carbocycles. The number of benzene rings is 2. The highest BCUT2D eigenvalue weighted by atomic mass is 79.9. The molecule has 0 spiro atoms. The molecule has 2 aromatic carbocycles. The number of halogens is 4. The lowest BCUT2D eigenvalue weighted by molar-refractivity contribution is 1.60. The summed E-state index contributed by atoms with van der Waals surface area (Å²) in [6.07, 6.45) is 0. The van der Waals surface area contributed by atoms with Crippen molar-refractivity contribution in [3.05, 3.63) is 55.4 Å². The van der Waals surface area contributed by atoms with Gasteiger partial charge in [0.1, 0.15) is 0 Å². The molecule has 4 N–H and O–H groups in total. The standard InChI is InChI=1S/C6H3Br2Cl.C6H7ClN2/c2*7-4-1-5(8)3-6(9)2-4/h1-3H;1-3H,8-9H2. The maximum absolute atomic E-state index is 5.69. The zero-order valence-corrected chi connectivity index (χ0v) is 13.8. The van der Waals surface area contributed by atoms with Gasteiger partial charge in [-0.3, -0.25) is 0 Å². The molecule has 0 fully saturated rings. The molecule has 0 unspecified atom stereocenters. The van der Waals surface area contributed by atoms with Crippen molar-refractivity contribution < 1.29 is 0 Å². The normalized spacial score (nSPS) is 9.56. The number of nitrogens with two attached hydrogens (primary N) is 2. The van der Waals surface area contributed by atoms with E-state index in [9.17, 15) is 0 Å². The zero-order chi connectivity index (χ0) is 13.7. The van der Waals surface area contributed by atoms with E-state index in [4.69, 9.17) is 34.7 Å². The van der Waals surface area contributed by atoms with Crippen LogP contribution in [0.15, 0.2) is 45.3 Å². The van der Waals surface area contributed by atoms with Crippen LogP contribution in [0.3, 0.4) is 0 Å². The summed E-state index contributed by atoms with van der Waals surface area (Å²) in [4.78, 5) is 0. The first kappa shape index (κ1) is 15.6. The van der Waals surface area contributed by atoms with Gasteiger partial charge in [-0.1, -0.05) is 55.1 Å². The Labute approximate surface area is 133 Å². The van der Waals surface area contributed by atoms with Crippen LogP contribution in [-0.2, 0) is 0 Å². The predicted molar refractivity (Wildman–Crippen MR) is 87.1 cm³/mol. The summed E-state index contributed by atoms with van der Waals surface area (Å²) < 4.78 is 1.98. The minimum Gasteiger partial charge on any atom is -0.399 e. The first-order chi connectivity index (χ1) is 8.36. The van der Waals surface area contributed by atoms with Gasteiger partial charge < -0.3 is 11.5 Å². The van der Waals surface area contributed by atoms with Gasteiger partial charge in [0.15, 0.2) is 0 Å². The second-order valence-electron chi connectivity index (χ2n) is 3.41. The van der Waals surface area contributed by atoms with E-state index in [0.29, 0.717) is 16.4 Å². The van der Waals surface area contributed by atoms with E-state index in [0.717, 1.165) is 14.0 Å². The molecule has 0 heterocycles. The molecular formula is C12H10Br2Cl2N2. The minimum absolute atomic E-state index is 0.576. The summed E-state index contributed by atoms with van der Waals surface area (Å²) in [6.45, 7) is 0. The fourth-order valence-electron chi connectivity index (χ4n) is 1.16. The Morgan fingerprint density at radius 1 is 0.667 bits per heavy atom. The third-order valence-corrected chi connectivity index (χ3v) is 3.12. The first-order valence-electron chi connectivity index (χ1n) is 4.80. The molecule has 2 nitrogen and oxygen atoms in total. The number of rotatable bonds is 0. The zero-order valence-electron chi connectivity index (χ0n) is 9.13. The van der Waals surface area contributed by atoms with Crippen LogP contribution in [-0.4, -0.2) is 0 Å². The Hall–Kier alpha value is -0.420. The Kier molecular flexibility index (Phi) is 6.29. The molecule has 0 aromatic heterocycles. The van der Waals surface area contributed by atoms with Crippen LogP contribution < -0.4 is 11.5 Å². The van der Waals surface area contributed by atoms with E-state index in [2.05, 4.69) is 31.9 Å². The maximum atomic E-state index is 5.69. The van der Waals surface area contributed by atoms with Crippen molar-refractivity contribution in [3.63, 3.8) is 0 Å². The molecule has 18 heavy (non-hydrogen) atoms. The van der Waals surface area contributed by atoms with Crippen LogP contribution in [0.2, 0.25) is 10.0 Å². The lowest BCUT2D eigenvalue weighted by atomic mass is 10.3. The summed E-state index contributed by atoms with van der Waals surface area (Å²) in [5, 5.41) is 1.31. The summed E-state index contributed by atoms with van der Waals surface area (Å²) in [5.74, 6) is 0. The average Bonchev–Trinajstić information content (AvgIpc) is 2.12. The van der Waals surface area contributed by atoms with Gasteiger partial charge in [-0.2, -0.15) is 0 Å². The smallest absolute Gasteiger partial charge is 0.0446 e. The Balaban J connectivity index is 0.000000180. The van der Waals surface area contributed by atoms with Gasteiger partial charge >= 0.3 is 0 Å². The monoisotopic (exact) mass is 410 g/mol. The Morgan fingerprint density at radius 3 is 1.39 bits per heavy atom. The van der Waals surface area contributed by atoms with Crippen molar-refractivity contribution in [1.82, 2.24) is 0 Å². The molecule has 6 heteroatoms. The molecule has 0 bridgehead atoms. The molecule has 0 aliphatic rings. The third-order valence-electron chi connectivity index (χ3n) is 1.77. The quantitative estimate of drug-likeness (QED) is 0.571. The average molecular weight is 413 g/mol. The molecule has 0 amide bonds. The summed E-state index contributed by atoms with van der Waals surface area (Å²) >= 11 is 17.9. The fourth-order valence-corrected chi connectivity index (χ4v) is 3.20. The van der Waals surface area contributed by atoms with Gasteiger partial charge in [0.25, 0.3) is 0 Å². The van der Waals surface area contributed by atoms with Crippen LogP contribution >= 0.6 is 55.1 Å². The van der Waals surface area contributed by atoms with Crippen molar-refractivity contribution in [1.29, 1.82) is 0 Å². The van der Waals surface area contributed by atoms with Crippen LogP contribution in [0.1, 0.15) is 0 Å². The van der Waals surface area contributed by atoms with Crippen LogP contribution in [0, 0.1) is 0 Å². The largest absolute Gasteiger partial charge is 0.399 e. The molecule has 96 valence electrons. The second kappa shape index (κ2) is 7.24. The van der Waals surface area contributed by atoms with Crippen LogP contribution in [0.25, 0.3) is 0 Å². The van der Waals surface area contributed by atoms with Crippen LogP contribution in [0.5, 0.6) is 0 Å². The van der Waals surface area contributed by atoms with Gasteiger partial charge in [0, 0.05) is 30.4 Å². The van der Waals surface area contributed by atoms with Crippen molar-refractivity contribution in [2.24, 2.45) is 0 Å².